The van der Waals surface area contributed by atoms with Crippen molar-refractivity contribution in [3.05, 3.63) is 95.1 Å². The van der Waals surface area contributed by atoms with Crippen LogP contribution in [0.25, 0.3) is 11.1 Å². The lowest BCUT2D eigenvalue weighted by molar-refractivity contribution is 0.623. The molecule has 0 N–H and O–H groups in total. The summed E-state index contributed by atoms with van der Waals surface area (Å²) in [4.78, 5) is 0. The van der Waals surface area contributed by atoms with Gasteiger partial charge in [0.05, 0.1) is 5.56 Å². The first kappa shape index (κ1) is 18.4. The zero-order chi connectivity index (χ0) is 18.2. The average molecular weight is 334 g/mol. The normalized spacial score (nSPS) is 9.48. The topological polar surface area (TPSA) is 0 Å². The summed E-state index contributed by atoms with van der Waals surface area (Å²) in [5.41, 5.74) is 3.98. The fraction of sp³-hybridized carbons (Fsp3) is 0.130. The first-order chi connectivity index (χ1) is 12.1. The lowest BCUT2D eigenvalue weighted by Gasteiger charge is -2.01. The molecule has 0 aliphatic rings. The quantitative estimate of drug-likeness (QED) is 0.454. The summed E-state index contributed by atoms with van der Waals surface area (Å²) in [7, 11) is 0. The third-order valence-corrected chi connectivity index (χ3v) is 3.53. The molecular weight excluding hydrogens is 314 g/mol. The van der Waals surface area contributed by atoms with Crippen molar-refractivity contribution in [2.75, 3.05) is 0 Å². The molecule has 0 nitrogen and oxygen atoms in total. The maximum atomic E-state index is 13.7. The maximum Gasteiger partial charge on any atom is 0.139 e. The van der Waals surface area contributed by atoms with Crippen LogP contribution in [0, 0.1) is 30.4 Å². The minimum absolute atomic E-state index is 0.253. The molecule has 2 heteroatoms. The smallest absolute Gasteiger partial charge is 0.139 e. The Kier molecular flexibility index (Phi) is 6.48. The summed E-state index contributed by atoms with van der Waals surface area (Å²) in [6, 6.07) is 18.9. The van der Waals surface area contributed by atoms with Crippen LogP contribution in [0.1, 0.15) is 30.5 Å². The molecule has 0 aliphatic heterocycles. The number of rotatable bonds is 1. The van der Waals surface area contributed by atoms with Gasteiger partial charge in [0, 0.05) is 5.56 Å². The van der Waals surface area contributed by atoms with Crippen LogP contribution in [0.5, 0.6) is 0 Å². The van der Waals surface area contributed by atoms with E-state index in [1.807, 2.05) is 51.1 Å². The van der Waals surface area contributed by atoms with Crippen molar-refractivity contribution in [2.45, 2.75) is 20.8 Å². The van der Waals surface area contributed by atoms with Gasteiger partial charge in [-0.1, -0.05) is 56.0 Å². The fourth-order valence-corrected chi connectivity index (χ4v) is 2.25. The molecule has 0 saturated carbocycles. The first-order valence-electron chi connectivity index (χ1n) is 8.26. The largest absolute Gasteiger partial charge is 0.207 e. The van der Waals surface area contributed by atoms with Gasteiger partial charge in [-0.25, -0.2) is 8.78 Å². The molecule has 0 spiro atoms. The number of hydrogen-bond acceptors (Lipinski definition) is 0. The zero-order valence-corrected chi connectivity index (χ0v) is 14.6. The molecule has 3 aromatic carbocycles. The van der Waals surface area contributed by atoms with Gasteiger partial charge in [0.1, 0.15) is 11.6 Å². The molecule has 0 atom stereocenters. The third-order valence-electron chi connectivity index (χ3n) is 3.53. The van der Waals surface area contributed by atoms with E-state index in [1.165, 1.54) is 18.2 Å². The Hall–Kier alpha value is -2.92. The molecule has 3 aromatic rings. The van der Waals surface area contributed by atoms with Crippen LogP contribution in [-0.2, 0) is 0 Å². The molecule has 25 heavy (non-hydrogen) atoms. The zero-order valence-electron chi connectivity index (χ0n) is 14.6. The first-order valence-corrected chi connectivity index (χ1v) is 8.26. The van der Waals surface area contributed by atoms with Crippen LogP contribution >= 0.6 is 0 Å². The molecule has 0 unspecified atom stereocenters. The van der Waals surface area contributed by atoms with Crippen LogP contribution in [-0.4, -0.2) is 0 Å². The van der Waals surface area contributed by atoms with E-state index < -0.39 is 0 Å². The summed E-state index contributed by atoms with van der Waals surface area (Å²) in [6.07, 6.45) is 0. The maximum absolute atomic E-state index is 13.7. The number of halogens is 2. The SMILES string of the molecule is CC.Cc1ccc(C#Cc2ccc(-c3ccc(F)cc3)cc2)c(F)c1. The molecule has 0 fully saturated rings. The standard InChI is InChI=1S/C21H14F2.C2H6/c1-15-2-6-19(21(23)14-15)9-5-16-3-7-17(8-4-16)18-10-12-20(22)13-11-18;1-2/h2-4,6-8,10-14H,1H3;1-2H3. The second-order valence-corrected chi connectivity index (χ2v) is 5.32. The van der Waals surface area contributed by atoms with Gasteiger partial charge < -0.3 is 0 Å². The van der Waals surface area contributed by atoms with Crippen molar-refractivity contribution in [3.8, 4) is 23.0 Å². The van der Waals surface area contributed by atoms with Crippen molar-refractivity contribution in [3.63, 3.8) is 0 Å². The van der Waals surface area contributed by atoms with E-state index in [1.54, 1.807) is 18.2 Å². The molecule has 0 aliphatic carbocycles. The molecule has 0 saturated heterocycles. The van der Waals surface area contributed by atoms with Crippen molar-refractivity contribution >= 4 is 0 Å². The molecule has 0 heterocycles. The van der Waals surface area contributed by atoms with Gasteiger partial charge in [-0.15, -0.1) is 0 Å². The highest BCUT2D eigenvalue weighted by Crippen LogP contribution is 2.20. The predicted molar refractivity (Wildman–Crippen MR) is 100 cm³/mol. The Morgan fingerprint density at radius 1 is 0.680 bits per heavy atom. The average Bonchev–Trinajstić information content (AvgIpc) is 2.64. The highest BCUT2D eigenvalue weighted by Gasteiger charge is 1.99. The Balaban J connectivity index is 0.00000109. The minimum Gasteiger partial charge on any atom is -0.207 e. The van der Waals surface area contributed by atoms with E-state index in [0.29, 0.717) is 5.56 Å². The van der Waals surface area contributed by atoms with Crippen molar-refractivity contribution in [1.82, 2.24) is 0 Å². The van der Waals surface area contributed by atoms with Crippen LogP contribution < -0.4 is 0 Å². The lowest BCUT2D eigenvalue weighted by atomic mass is 10.0. The van der Waals surface area contributed by atoms with Crippen LogP contribution in [0.2, 0.25) is 0 Å². The predicted octanol–water partition coefficient (Wildman–Crippen LogP) is 6.37. The summed E-state index contributed by atoms with van der Waals surface area (Å²) in [6.45, 7) is 5.84. The summed E-state index contributed by atoms with van der Waals surface area (Å²) in [5.74, 6) is 5.25. The van der Waals surface area contributed by atoms with Gasteiger partial charge in [-0.2, -0.15) is 0 Å². The summed E-state index contributed by atoms with van der Waals surface area (Å²) < 4.78 is 26.7. The lowest BCUT2D eigenvalue weighted by Crippen LogP contribution is -1.85. The van der Waals surface area contributed by atoms with Crippen LogP contribution in [0.3, 0.4) is 0 Å². The number of benzene rings is 3. The van der Waals surface area contributed by atoms with E-state index in [9.17, 15) is 8.78 Å². The Labute approximate surface area is 148 Å². The van der Waals surface area contributed by atoms with E-state index in [4.69, 9.17) is 0 Å². The van der Waals surface area contributed by atoms with Gasteiger partial charge >= 0.3 is 0 Å². The van der Waals surface area contributed by atoms with Gasteiger partial charge in [0.25, 0.3) is 0 Å². The molecule has 0 aromatic heterocycles. The molecule has 0 radical (unpaired) electrons. The van der Waals surface area contributed by atoms with Crippen LogP contribution in [0.15, 0.2) is 66.7 Å². The Morgan fingerprint density at radius 3 is 1.80 bits per heavy atom. The third kappa shape index (κ3) is 5.02. The minimum atomic E-state index is -0.305. The van der Waals surface area contributed by atoms with Crippen molar-refractivity contribution < 1.29 is 8.78 Å². The summed E-state index contributed by atoms with van der Waals surface area (Å²) in [5, 5.41) is 0. The van der Waals surface area contributed by atoms with Crippen molar-refractivity contribution in [1.29, 1.82) is 0 Å². The highest BCUT2D eigenvalue weighted by atomic mass is 19.1. The van der Waals surface area contributed by atoms with Gasteiger partial charge in [-0.05, 0) is 60.0 Å². The molecule has 0 amide bonds. The number of aryl methyl sites for hydroxylation is 1. The van der Waals surface area contributed by atoms with Crippen LogP contribution in [0.4, 0.5) is 8.78 Å². The second kappa shape index (κ2) is 8.80. The van der Waals surface area contributed by atoms with Gasteiger partial charge in [-0.3, -0.25) is 0 Å². The summed E-state index contributed by atoms with van der Waals surface area (Å²) >= 11 is 0. The monoisotopic (exact) mass is 334 g/mol. The Morgan fingerprint density at radius 2 is 1.24 bits per heavy atom. The molecule has 126 valence electrons. The van der Waals surface area contributed by atoms with Gasteiger partial charge in [0.2, 0.25) is 0 Å². The van der Waals surface area contributed by atoms with E-state index in [-0.39, 0.29) is 11.6 Å². The van der Waals surface area contributed by atoms with Crippen molar-refractivity contribution in [2.24, 2.45) is 0 Å². The van der Waals surface area contributed by atoms with E-state index in [2.05, 4.69) is 11.8 Å². The van der Waals surface area contributed by atoms with E-state index >= 15 is 0 Å². The Bertz CT molecular complexity index is 880. The molecular formula is C23H20F2. The fourth-order valence-electron chi connectivity index (χ4n) is 2.25. The highest BCUT2D eigenvalue weighted by molar-refractivity contribution is 5.64. The number of hydrogen-bond donors (Lipinski definition) is 0. The van der Waals surface area contributed by atoms with Gasteiger partial charge in [0.15, 0.2) is 0 Å². The molecule has 3 rings (SSSR count). The van der Waals surface area contributed by atoms with E-state index in [0.717, 1.165) is 22.3 Å². The second-order valence-electron chi connectivity index (χ2n) is 5.32. The molecule has 0 bridgehead atoms.